The van der Waals surface area contributed by atoms with Gasteiger partial charge in [0, 0.05) is 36.2 Å². The highest BCUT2D eigenvalue weighted by atomic mass is 16.6. The number of nitrogens with zero attached hydrogens (tertiary/aromatic N) is 4. The summed E-state index contributed by atoms with van der Waals surface area (Å²) in [5.74, 6) is -0.795. The highest BCUT2D eigenvalue weighted by Gasteiger charge is 2.44. The average Bonchev–Trinajstić information content (AvgIpc) is 3.58. The molecule has 3 amide bonds. The largest absolute Gasteiger partial charge is 0.387 e. The lowest BCUT2D eigenvalue weighted by Crippen LogP contribution is -2.35. The standard InChI is InChI=1S/C23H26N8O7/c24-20-17-21(27-8-26-20)31(9-28-17)23-19(35)18(34)14(38-23)7-37-10-29-15(32)4-5-16(33)30-13-3-1-2-11-12(13)6-25-22(11)36/h1-3,8-9,14,18-19,23,34-35H,4-7,10H2,(H,25,36)(H,29,32)(H,30,33)(H2,24,26,27)/t14-,18-,19-,23-/m1/s1. The molecule has 0 unspecified atom stereocenters. The van der Waals surface area contributed by atoms with Crippen molar-refractivity contribution in [1.82, 2.24) is 30.2 Å². The first-order chi connectivity index (χ1) is 18.3. The number of carbonyl (C=O) groups is 3. The van der Waals surface area contributed by atoms with Crippen molar-refractivity contribution in [1.29, 1.82) is 0 Å². The van der Waals surface area contributed by atoms with E-state index in [0.717, 1.165) is 0 Å². The molecule has 4 atom stereocenters. The van der Waals surface area contributed by atoms with Gasteiger partial charge in [-0.1, -0.05) is 6.07 Å². The fourth-order valence-electron chi connectivity index (χ4n) is 4.36. The smallest absolute Gasteiger partial charge is 0.251 e. The third kappa shape index (κ3) is 4.99. The van der Waals surface area contributed by atoms with Gasteiger partial charge in [0.25, 0.3) is 5.91 Å². The van der Waals surface area contributed by atoms with Gasteiger partial charge >= 0.3 is 0 Å². The van der Waals surface area contributed by atoms with Crippen molar-refractivity contribution in [3.63, 3.8) is 0 Å². The molecule has 1 saturated heterocycles. The molecule has 15 heteroatoms. The summed E-state index contributed by atoms with van der Waals surface area (Å²) >= 11 is 0. The molecule has 38 heavy (non-hydrogen) atoms. The third-order valence-electron chi connectivity index (χ3n) is 6.35. The minimum atomic E-state index is -1.29. The van der Waals surface area contributed by atoms with Crippen LogP contribution in [-0.2, 0) is 25.6 Å². The molecule has 5 rings (SSSR count). The second-order valence-corrected chi connectivity index (χ2v) is 8.81. The van der Waals surface area contributed by atoms with Crippen LogP contribution < -0.4 is 21.7 Å². The molecule has 0 saturated carbocycles. The summed E-state index contributed by atoms with van der Waals surface area (Å²) in [5.41, 5.74) is 8.24. The number of aliphatic hydroxyl groups excluding tert-OH is 2. The number of amides is 3. The summed E-state index contributed by atoms with van der Waals surface area (Å²) in [6, 6.07) is 5.06. The molecule has 0 aliphatic carbocycles. The number of anilines is 2. The number of fused-ring (bicyclic) bond motifs is 2. The minimum absolute atomic E-state index is 0.0673. The van der Waals surface area contributed by atoms with Gasteiger partial charge in [0.05, 0.1) is 12.9 Å². The Balaban J connectivity index is 1.05. The summed E-state index contributed by atoms with van der Waals surface area (Å²) in [7, 11) is 0. The predicted octanol–water partition coefficient (Wildman–Crippen LogP) is -1.22. The molecule has 200 valence electrons. The number of imidazole rings is 1. The Morgan fingerprint density at radius 1 is 1.18 bits per heavy atom. The second-order valence-electron chi connectivity index (χ2n) is 8.81. The number of benzene rings is 1. The van der Waals surface area contributed by atoms with E-state index in [9.17, 15) is 24.6 Å². The quantitative estimate of drug-likeness (QED) is 0.143. The van der Waals surface area contributed by atoms with Gasteiger partial charge in [-0.05, 0) is 12.1 Å². The van der Waals surface area contributed by atoms with Crippen LogP contribution in [0.1, 0.15) is 35.0 Å². The Morgan fingerprint density at radius 2 is 2.00 bits per heavy atom. The molecule has 0 bridgehead atoms. The zero-order chi connectivity index (χ0) is 26.8. The van der Waals surface area contributed by atoms with Gasteiger partial charge in [-0.15, -0.1) is 0 Å². The third-order valence-corrected chi connectivity index (χ3v) is 6.35. The lowest BCUT2D eigenvalue weighted by molar-refractivity contribution is -0.126. The zero-order valence-corrected chi connectivity index (χ0v) is 20.0. The van der Waals surface area contributed by atoms with Crippen molar-refractivity contribution < 1.29 is 34.1 Å². The monoisotopic (exact) mass is 526 g/mol. The lowest BCUT2D eigenvalue weighted by atomic mass is 10.1. The maximum Gasteiger partial charge on any atom is 0.251 e. The molecular weight excluding hydrogens is 500 g/mol. The van der Waals surface area contributed by atoms with Crippen molar-refractivity contribution in [3.8, 4) is 0 Å². The van der Waals surface area contributed by atoms with Crippen LogP contribution in [0.5, 0.6) is 0 Å². The van der Waals surface area contributed by atoms with Crippen molar-refractivity contribution in [2.45, 2.75) is 43.9 Å². The Hall–Kier alpha value is -4.18. The van der Waals surface area contributed by atoms with E-state index < -0.39 is 30.4 Å². The number of hydrogen-bond acceptors (Lipinski definition) is 11. The van der Waals surface area contributed by atoms with Gasteiger partial charge in [-0.25, -0.2) is 15.0 Å². The van der Waals surface area contributed by atoms with Gasteiger partial charge in [0.2, 0.25) is 11.8 Å². The first kappa shape index (κ1) is 25.5. The van der Waals surface area contributed by atoms with Crippen LogP contribution >= 0.6 is 0 Å². The van der Waals surface area contributed by atoms with E-state index >= 15 is 0 Å². The number of rotatable bonds is 9. The number of nitrogen functional groups attached to an aromatic ring is 1. The molecule has 2 aromatic heterocycles. The number of carbonyl (C=O) groups excluding carboxylic acids is 3. The summed E-state index contributed by atoms with van der Waals surface area (Å²) < 4.78 is 12.6. The Kier molecular flexibility index (Phi) is 7.15. The Labute approximate surface area is 215 Å². The SMILES string of the molecule is Nc1ncnc2c1ncn2[C@@H]1O[C@H](COCNC(=O)CCC(=O)Nc2cccc3c2CNC3=O)[C@@H](O)[C@H]1O. The van der Waals surface area contributed by atoms with Crippen molar-refractivity contribution in [2.24, 2.45) is 0 Å². The van der Waals surface area contributed by atoms with E-state index in [4.69, 9.17) is 15.2 Å². The van der Waals surface area contributed by atoms with E-state index in [-0.39, 0.29) is 43.8 Å². The number of nitrogens with two attached hydrogens (primary N) is 1. The molecule has 1 aromatic carbocycles. The molecule has 15 nitrogen and oxygen atoms in total. The summed E-state index contributed by atoms with van der Waals surface area (Å²) in [6.07, 6.45) is -1.92. The first-order valence-electron chi connectivity index (χ1n) is 11.8. The molecule has 3 aromatic rings. The van der Waals surface area contributed by atoms with Gasteiger partial charge in [0.15, 0.2) is 17.7 Å². The zero-order valence-electron chi connectivity index (χ0n) is 20.0. The van der Waals surface area contributed by atoms with E-state index in [1.807, 2.05) is 0 Å². The van der Waals surface area contributed by atoms with Gasteiger partial charge in [-0.3, -0.25) is 19.0 Å². The normalized spacial score (nSPS) is 22.3. The maximum atomic E-state index is 12.3. The first-order valence-corrected chi connectivity index (χ1v) is 11.8. The van der Waals surface area contributed by atoms with Gasteiger partial charge < -0.3 is 41.4 Å². The van der Waals surface area contributed by atoms with Gasteiger partial charge in [-0.2, -0.15) is 0 Å². The second kappa shape index (κ2) is 10.7. The van der Waals surface area contributed by atoms with Crippen LogP contribution in [0, 0.1) is 0 Å². The van der Waals surface area contributed by atoms with Crippen LogP contribution in [0.2, 0.25) is 0 Å². The number of aliphatic hydroxyl groups is 2. The van der Waals surface area contributed by atoms with E-state index in [1.54, 1.807) is 18.2 Å². The van der Waals surface area contributed by atoms with Crippen molar-refractivity contribution in [3.05, 3.63) is 42.0 Å². The number of aromatic nitrogens is 4. The predicted molar refractivity (Wildman–Crippen MR) is 130 cm³/mol. The van der Waals surface area contributed by atoms with Crippen LogP contribution in [-0.4, -0.2) is 79.1 Å². The van der Waals surface area contributed by atoms with Crippen LogP contribution in [0.3, 0.4) is 0 Å². The summed E-state index contributed by atoms with van der Waals surface area (Å²) in [4.78, 5) is 48.3. The topological polar surface area (TPSA) is 216 Å². The fraction of sp³-hybridized carbons (Fsp3) is 0.391. The summed E-state index contributed by atoms with van der Waals surface area (Å²) in [5, 5.41) is 28.8. The molecule has 1 fully saturated rings. The fourth-order valence-corrected chi connectivity index (χ4v) is 4.36. The highest BCUT2D eigenvalue weighted by Crippen LogP contribution is 2.32. The molecule has 0 radical (unpaired) electrons. The van der Waals surface area contributed by atoms with E-state index in [2.05, 4.69) is 30.9 Å². The minimum Gasteiger partial charge on any atom is -0.387 e. The molecule has 4 heterocycles. The maximum absolute atomic E-state index is 12.3. The van der Waals surface area contributed by atoms with Crippen molar-refractivity contribution >= 4 is 40.4 Å². The highest BCUT2D eigenvalue weighted by molar-refractivity contribution is 6.02. The molecule has 2 aliphatic rings. The van der Waals surface area contributed by atoms with Crippen molar-refractivity contribution in [2.75, 3.05) is 24.4 Å². The Bertz CT molecular complexity index is 1380. The van der Waals surface area contributed by atoms with E-state index in [0.29, 0.717) is 34.5 Å². The molecule has 0 spiro atoms. The number of nitrogens with one attached hydrogen (secondary N) is 3. The molecule has 7 N–H and O–H groups in total. The summed E-state index contributed by atoms with van der Waals surface area (Å²) in [6.45, 7) is 0.0260. The molecule has 2 aliphatic heterocycles. The van der Waals surface area contributed by atoms with Crippen LogP contribution in [0.15, 0.2) is 30.9 Å². The van der Waals surface area contributed by atoms with Crippen LogP contribution in [0.25, 0.3) is 11.2 Å². The average molecular weight is 527 g/mol. The number of ether oxygens (including phenoxy) is 2. The van der Waals surface area contributed by atoms with E-state index in [1.165, 1.54) is 17.2 Å². The lowest BCUT2D eigenvalue weighted by Gasteiger charge is -2.16. The Morgan fingerprint density at radius 3 is 2.84 bits per heavy atom. The van der Waals surface area contributed by atoms with Crippen LogP contribution in [0.4, 0.5) is 11.5 Å². The van der Waals surface area contributed by atoms with Gasteiger partial charge in [0.1, 0.15) is 36.9 Å². The molecular formula is C23H26N8O7. The number of hydrogen-bond donors (Lipinski definition) is 6.